The van der Waals surface area contributed by atoms with Crippen molar-refractivity contribution < 1.29 is 8.42 Å². The molecule has 5 nitrogen and oxygen atoms in total. The highest BCUT2D eigenvalue weighted by molar-refractivity contribution is 7.92. The summed E-state index contributed by atoms with van der Waals surface area (Å²) in [5.74, 6) is 0.186. The maximum absolute atomic E-state index is 12.6. The van der Waals surface area contributed by atoms with Gasteiger partial charge in [-0.25, -0.2) is 8.42 Å². The van der Waals surface area contributed by atoms with Crippen molar-refractivity contribution in [2.24, 2.45) is 0 Å². The van der Waals surface area contributed by atoms with Gasteiger partial charge in [0.05, 0.1) is 6.20 Å². The highest BCUT2D eigenvalue weighted by atomic mass is 32.2. The molecule has 2 aromatic rings. The highest BCUT2D eigenvalue weighted by Gasteiger charge is 2.29. The zero-order chi connectivity index (χ0) is 16.3. The number of H-pyrrole nitrogens is 1. The number of hydrogen-bond donors (Lipinski definition) is 1. The molecular weight excluding hydrogens is 310 g/mol. The fourth-order valence-electron chi connectivity index (χ4n) is 2.99. The van der Waals surface area contributed by atoms with E-state index in [2.05, 4.69) is 10.2 Å². The van der Waals surface area contributed by atoms with Crippen molar-refractivity contribution >= 4 is 16.1 Å². The molecule has 23 heavy (non-hydrogen) atoms. The van der Waals surface area contributed by atoms with Gasteiger partial charge in [0.15, 0.2) is 0 Å². The maximum atomic E-state index is 12.6. The molecule has 1 saturated heterocycles. The third-order valence-electron chi connectivity index (χ3n) is 4.25. The summed E-state index contributed by atoms with van der Waals surface area (Å²) < 4.78 is 26.7. The Balaban J connectivity index is 1.75. The van der Waals surface area contributed by atoms with Gasteiger partial charge in [-0.1, -0.05) is 30.3 Å². The Labute approximate surface area is 137 Å². The molecule has 6 heteroatoms. The standard InChI is InChI=1S/C17H21N3O2S/c1-14-12-18-19-17(14)16-8-5-10-20(13-16)23(21,22)11-9-15-6-3-2-4-7-15/h2-4,6-7,9,11-12,16H,5,8,10,13H2,1H3,(H,18,19). The van der Waals surface area contributed by atoms with Crippen molar-refractivity contribution in [3.05, 3.63) is 58.8 Å². The van der Waals surface area contributed by atoms with Crippen molar-refractivity contribution in [1.82, 2.24) is 14.5 Å². The molecule has 3 rings (SSSR count). The molecule has 1 atom stereocenters. The summed E-state index contributed by atoms with van der Waals surface area (Å²) in [7, 11) is -3.40. The lowest BCUT2D eigenvalue weighted by Crippen LogP contribution is -2.38. The average molecular weight is 331 g/mol. The zero-order valence-corrected chi connectivity index (χ0v) is 14.0. The predicted octanol–water partition coefficient (Wildman–Crippen LogP) is 2.90. The van der Waals surface area contributed by atoms with Crippen LogP contribution in [0.15, 0.2) is 41.9 Å². The Hall–Kier alpha value is -1.92. The van der Waals surface area contributed by atoms with Crippen molar-refractivity contribution in [2.75, 3.05) is 13.1 Å². The van der Waals surface area contributed by atoms with E-state index in [1.807, 2.05) is 37.3 Å². The molecule has 122 valence electrons. The van der Waals surface area contributed by atoms with Crippen LogP contribution in [0.25, 0.3) is 6.08 Å². The Morgan fingerprint density at radius 2 is 2.09 bits per heavy atom. The molecule has 1 N–H and O–H groups in total. The Morgan fingerprint density at radius 1 is 1.30 bits per heavy atom. The van der Waals surface area contributed by atoms with Gasteiger partial charge in [-0.15, -0.1) is 0 Å². The van der Waals surface area contributed by atoms with E-state index in [1.165, 1.54) is 5.41 Å². The first kappa shape index (κ1) is 16.0. The number of aryl methyl sites for hydroxylation is 1. The lowest BCUT2D eigenvalue weighted by Gasteiger charge is -2.30. The number of hydrogen-bond acceptors (Lipinski definition) is 3. The number of sulfonamides is 1. The van der Waals surface area contributed by atoms with Crippen molar-refractivity contribution in [2.45, 2.75) is 25.7 Å². The van der Waals surface area contributed by atoms with Crippen LogP contribution in [0.4, 0.5) is 0 Å². The van der Waals surface area contributed by atoms with Gasteiger partial charge in [0, 0.05) is 30.1 Å². The number of nitrogens with zero attached hydrogens (tertiary/aromatic N) is 2. The zero-order valence-electron chi connectivity index (χ0n) is 13.1. The molecule has 0 aliphatic carbocycles. The number of benzene rings is 1. The largest absolute Gasteiger partial charge is 0.282 e. The quantitative estimate of drug-likeness (QED) is 0.937. The fraction of sp³-hybridized carbons (Fsp3) is 0.353. The van der Waals surface area contributed by atoms with E-state index < -0.39 is 10.0 Å². The van der Waals surface area contributed by atoms with Gasteiger partial charge in [0.1, 0.15) is 0 Å². The molecule has 1 unspecified atom stereocenters. The van der Waals surface area contributed by atoms with Crippen LogP contribution < -0.4 is 0 Å². The van der Waals surface area contributed by atoms with Crippen molar-refractivity contribution in [3.8, 4) is 0 Å². The molecular formula is C17H21N3O2S. The van der Waals surface area contributed by atoms with Gasteiger partial charge in [0.2, 0.25) is 10.0 Å². The summed E-state index contributed by atoms with van der Waals surface area (Å²) in [6, 6.07) is 9.47. The van der Waals surface area contributed by atoms with Crippen LogP contribution in [0.5, 0.6) is 0 Å². The summed E-state index contributed by atoms with van der Waals surface area (Å²) >= 11 is 0. The summed E-state index contributed by atoms with van der Waals surface area (Å²) in [6.45, 7) is 3.08. The number of rotatable bonds is 4. The van der Waals surface area contributed by atoms with Crippen LogP contribution in [0, 0.1) is 6.92 Å². The average Bonchev–Trinajstić information content (AvgIpc) is 3.00. The number of aromatic nitrogens is 2. The first-order chi connectivity index (χ1) is 11.1. The molecule has 1 aliphatic rings. The summed E-state index contributed by atoms with van der Waals surface area (Å²) in [5.41, 5.74) is 3.03. The molecule has 0 spiro atoms. The van der Waals surface area contributed by atoms with Gasteiger partial charge in [-0.2, -0.15) is 9.40 Å². The Kier molecular flexibility index (Phi) is 4.63. The Bertz CT molecular complexity index is 781. The molecule has 1 aromatic carbocycles. The van der Waals surface area contributed by atoms with Gasteiger partial charge >= 0.3 is 0 Å². The van der Waals surface area contributed by atoms with E-state index in [-0.39, 0.29) is 5.92 Å². The van der Waals surface area contributed by atoms with Crippen molar-refractivity contribution in [1.29, 1.82) is 0 Å². The minimum Gasteiger partial charge on any atom is -0.282 e. The van der Waals surface area contributed by atoms with E-state index in [1.54, 1.807) is 16.6 Å². The summed E-state index contributed by atoms with van der Waals surface area (Å²) in [6.07, 6.45) is 5.29. The minimum absolute atomic E-state index is 0.186. The lowest BCUT2D eigenvalue weighted by atomic mass is 9.94. The number of aromatic amines is 1. The van der Waals surface area contributed by atoms with Gasteiger partial charge < -0.3 is 0 Å². The van der Waals surface area contributed by atoms with Crippen LogP contribution >= 0.6 is 0 Å². The van der Waals surface area contributed by atoms with Crippen LogP contribution in [0.3, 0.4) is 0 Å². The third-order valence-corrected chi connectivity index (χ3v) is 5.78. The SMILES string of the molecule is Cc1cn[nH]c1C1CCCN(S(=O)(=O)C=Cc2ccccc2)C1. The minimum atomic E-state index is -3.40. The third kappa shape index (κ3) is 3.71. The van der Waals surface area contributed by atoms with Crippen LogP contribution in [0.2, 0.25) is 0 Å². The monoisotopic (exact) mass is 331 g/mol. The van der Waals surface area contributed by atoms with Gasteiger partial charge in [0.25, 0.3) is 0 Å². The summed E-state index contributed by atoms with van der Waals surface area (Å²) in [4.78, 5) is 0. The molecule has 0 amide bonds. The number of nitrogens with one attached hydrogen (secondary N) is 1. The van der Waals surface area contributed by atoms with Crippen LogP contribution in [0.1, 0.15) is 35.6 Å². The first-order valence-electron chi connectivity index (χ1n) is 7.79. The van der Waals surface area contributed by atoms with Crippen LogP contribution in [-0.2, 0) is 10.0 Å². The topological polar surface area (TPSA) is 66.1 Å². The first-order valence-corrected chi connectivity index (χ1v) is 9.30. The van der Waals surface area contributed by atoms with E-state index >= 15 is 0 Å². The van der Waals surface area contributed by atoms with Crippen molar-refractivity contribution in [3.63, 3.8) is 0 Å². The molecule has 1 aromatic heterocycles. The molecule has 0 radical (unpaired) electrons. The van der Waals surface area contributed by atoms with E-state index in [0.717, 1.165) is 29.7 Å². The number of piperidine rings is 1. The highest BCUT2D eigenvalue weighted by Crippen LogP contribution is 2.29. The second kappa shape index (κ2) is 6.68. The smallest absolute Gasteiger partial charge is 0.236 e. The molecule has 1 aliphatic heterocycles. The normalized spacial score (nSPS) is 20.1. The fourth-order valence-corrected chi connectivity index (χ4v) is 4.27. The second-order valence-corrected chi connectivity index (χ2v) is 7.74. The Morgan fingerprint density at radius 3 is 2.78 bits per heavy atom. The molecule has 0 saturated carbocycles. The van der Waals surface area contributed by atoms with E-state index in [9.17, 15) is 8.42 Å². The molecule has 0 bridgehead atoms. The molecule has 1 fully saturated rings. The second-order valence-electron chi connectivity index (χ2n) is 5.92. The van der Waals surface area contributed by atoms with Crippen LogP contribution in [-0.4, -0.2) is 36.0 Å². The lowest BCUT2D eigenvalue weighted by molar-refractivity contribution is 0.315. The molecule has 2 heterocycles. The van der Waals surface area contributed by atoms with E-state index in [0.29, 0.717) is 13.1 Å². The maximum Gasteiger partial charge on any atom is 0.236 e. The van der Waals surface area contributed by atoms with Gasteiger partial charge in [-0.3, -0.25) is 5.10 Å². The predicted molar refractivity (Wildman–Crippen MR) is 91.3 cm³/mol. The van der Waals surface area contributed by atoms with E-state index in [4.69, 9.17) is 0 Å². The van der Waals surface area contributed by atoms with Gasteiger partial charge in [-0.05, 0) is 37.0 Å². The summed E-state index contributed by atoms with van der Waals surface area (Å²) in [5, 5.41) is 8.38.